The first kappa shape index (κ1) is 13.4. The number of hydrogen-bond acceptors (Lipinski definition) is 5. The number of thiazole rings is 1. The van der Waals surface area contributed by atoms with Crippen LogP contribution < -0.4 is 5.32 Å². The third-order valence-corrected chi connectivity index (χ3v) is 3.50. The lowest BCUT2D eigenvalue weighted by Gasteiger charge is -2.05. The molecule has 7 heteroatoms. The van der Waals surface area contributed by atoms with Gasteiger partial charge in [0.2, 0.25) is 0 Å². The summed E-state index contributed by atoms with van der Waals surface area (Å²) in [6.45, 7) is 2.43. The average molecular weight is 281 g/mol. The Balaban J connectivity index is 2.01. The Kier molecular flexibility index (Phi) is 4.06. The van der Waals surface area contributed by atoms with Crippen molar-refractivity contribution < 1.29 is 9.31 Å². The number of aryl methyl sites for hydroxylation is 1. The minimum absolute atomic E-state index is 0.254. The molecule has 100 valence electrons. The van der Waals surface area contributed by atoms with E-state index in [1.54, 1.807) is 11.3 Å². The zero-order valence-corrected chi connectivity index (χ0v) is 11.0. The molecule has 0 aliphatic rings. The first-order valence-corrected chi connectivity index (χ1v) is 6.53. The van der Waals surface area contributed by atoms with Gasteiger partial charge in [0.15, 0.2) is 0 Å². The Morgan fingerprint density at radius 3 is 2.95 bits per heavy atom. The van der Waals surface area contributed by atoms with Gasteiger partial charge in [-0.25, -0.2) is 9.37 Å². The van der Waals surface area contributed by atoms with Crippen LogP contribution in [0.1, 0.15) is 10.7 Å². The summed E-state index contributed by atoms with van der Waals surface area (Å²) < 4.78 is 13.0. The summed E-state index contributed by atoms with van der Waals surface area (Å²) in [6.07, 6.45) is 0.674. The number of nitro benzene ring substituents is 1. The maximum atomic E-state index is 13.0. The predicted molar refractivity (Wildman–Crippen MR) is 72.1 cm³/mol. The average Bonchev–Trinajstić information content (AvgIpc) is 2.77. The smallest absolute Gasteiger partial charge is 0.295 e. The van der Waals surface area contributed by atoms with Gasteiger partial charge in [0, 0.05) is 24.0 Å². The van der Waals surface area contributed by atoms with E-state index >= 15 is 0 Å². The summed E-state index contributed by atoms with van der Waals surface area (Å²) in [4.78, 5) is 14.5. The van der Waals surface area contributed by atoms with Crippen molar-refractivity contribution in [3.8, 4) is 0 Å². The molecule has 0 saturated carbocycles. The van der Waals surface area contributed by atoms with Gasteiger partial charge < -0.3 is 5.32 Å². The van der Waals surface area contributed by atoms with Gasteiger partial charge in [-0.3, -0.25) is 10.1 Å². The van der Waals surface area contributed by atoms with Crippen molar-refractivity contribution >= 4 is 22.7 Å². The molecule has 0 saturated heterocycles. The van der Waals surface area contributed by atoms with Gasteiger partial charge in [-0.15, -0.1) is 11.3 Å². The number of hydrogen-bond donors (Lipinski definition) is 1. The van der Waals surface area contributed by atoms with Crippen molar-refractivity contribution in [2.45, 2.75) is 13.3 Å². The molecular formula is C12H12FN3O2S. The molecule has 19 heavy (non-hydrogen) atoms. The van der Waals surface area contributed by atoms with E-state index in [0.717, 1.165) is 16.8 Å². The predicted octanol–water partition coefficient (Wildman–Crippen LogP) is 3.15. The van der Waals surface area contributed by atoms with E-state index in [1.165, 1.54) is 12.1 Å². The van der Waals surface area contributed by atoms with Crippen LogP contribution in [0.3, 0.4) is 0 Å². The fourth-order valence-corrected chi connectivity index (χ4v) is 2.40. The highest BCUT2D eigenvalue weighted by Gasteiger charge is 2.14. The molecule has 0 bridgehead atoms. The number of benzene rings is 1. The Hall–Kier alpha value is -2.02. The van der Waals surface area contributed by atoms with Crippen LogP contribution in [0.2, 0.25) is 0 Å². The summed E-state index contributed by atoms with van der Waals surface area (Å²) in [5.74, 6) is -0.618. The lowest BCUT2D eigenvalue weighted by Crippen LogP contribution is -2.07. The van der Waals surface area contributed by atoms with Crippen LogP contribution in [0.25, 0.3) is 0 Å². The molecule has 0 spiro atoms. The number of anilines is 1. The van der Waals surface area contributed by atoms with Gasteiger partial charge in [-0.2, -0.15) is 0 Å². The minimum Gasteiger partial charge on any atom is -0.379 e. The van der Waals surface area contributed by atoms with Crippen molar-refractivity contribution in [1.82, 2.24) is 4.98 Å². The largest absolute Gasteiger partial charge is 0.379 e. The van der Waals surface area contributed by atoms with Gasteiger partial charge in [-0.05, 0) is 19.1 Å². The highest BCUT2D eigenvalue weighted by atomic mass is 32.1. The fraction of sp³-hybridized carbons (Fsp3) is 0.250. The molecule has 0 amide bonds. The number of halogens is 1. The monoisotopic (exact) mass is 281 g/mol. The van der Waals surface area contributed by atoms with Crippen LogP contribution in [0, 0.1) is 22.9 Å². The van der Waals surface area contributed by atoms with E-state index in [9.17, 15) is 14.5 Å². The van der Waals surface area contributed by atoms with Crippen molar-refractivity contribution in [2.75, 3.05) is 11.9 Å². The number of nitrogens with zero attached hydrogens (tertiary/aromatic N) is 2. The van der Waals surface area contributed by atoms with Crippen LogP contribution in [-0.2, 0) is 6.42 Å². The first-order chi connectivity index (χ1) is 9.06. The molecule has 1 aromatic carbocycles. The van der Waals surface area contributed by atoms with E-state index in [-0.39, 0.29) is 5.69 Å². The van der Waals surface area contributed by atoms with Gasteiger partial charge in [-0.1, -0.05) is 0 Å². The standard InChI is InChI=1S/C12H12FN3O2S/c1-8-7-19-12(15-8)4-5-14-10-3-2-9(13)6-11(10)16(17)18/h2-3,6-7,14H,4-5H2,1H3. The van der Waals surface area contributed by atoms with Crippen molar-refractivity contribution in [3.05, 3.63) is 50.2 Å². The van der Waals surface area contributed by atoms with E-state index in [4.69, 9.17) is 0 Å². The molecule has 2 aromatic rings. The summed E-state index contributed by atoms with van der Waals surface area (Å²) >= 11 is 1.55. The zero-order valence-electron chi connectivity index (χ0n) is 10.2. The van der Waals surface area contributed by atoms with Crippen LogP contribution in [-0.4, -0.2) is 16.5 Å². The van der Waals surface area contributed by atoms with E-state index in [1.807, 2.05) is 12.3 Å². The molecule has 1 aromatic heterocycles. The minimum atomic E-state index is -0.618. The summed E-state index contributed by atoms with van der Waals surface area (Å²) in [5.41, 5.74) is 1.03. The van der Waals surface area contributed by atoms with E-state index in [0.29, 0.717) is 18.7 Å². The Morgan fingerprint density at radius 1 is 1.53 bits per heavy atom. The number of nitrogens with one attached hydrogen (secondary N) is 1. The van der Waals surface area contributed by atoms with Gasteiger partial charge >= 0.3 is 0 Å². The molecule has 0 radical (unpaired) electrons. The van der Waals surface area contributed by atoms with Crippen LogP contribution in [0.4, 0.5) is 15.8 Å². The third-order valence-electron chi connectivity index (χ3n) is 2.48. The molecule has 0 atom stereocenters. The topological polar surface area (TPSA) is 68.1 Å². The second kappa shape index (κ2) is 5.75. The highest BCUT2D eigenvalue weighted by Crippen LogP contribution is 2.24. The Morgan fingerprint density at radius 2 is 2.32 bits per heavy atom. The molecule has 5 nitrogen and oxygen atoms in total. The molecule has 0 aliphatic carbocycles. The zero-order chi connectivity index (χ0) is 13.8. The number of nitro groups is 1. The molecule has 0 unspecified atom stereocenters. The van der Waals surface area contributed by atoms with E-state index < -0.39 is 10.7 Å². The Bertz CT molecular complexity index is 600. The SMILES string of the molecule is Cc1csc(CCNc2ccc(F)cc2[N+](=O)[O-])n1. The molecule has 1 N–H and O–H groups in total. The fourth-order valence-electron chi connectivity index (χ4n) is 1.63. The molecule has 0 fully saturated rings. The maximum absolute atomic E-state index is 13.0. The normalized spacial score (nSPS) is 10.4. The molecule has 2 rings (SSSR count). The van der Waals surface area contributed by atoms with Gasteiger partial charge in [0.1, 0.15) is 11.5 Å². The number of aromatic nitrogens is 1. The molecule has 1 heterocycles. The lowest BCUT2D eigenvalue weighted by atomic mass is 10.2. The second-order valence-corrected chi connectivity index (χ2v) is 4.92. The maximum Gasteiger partial charge on any atom is 0.295 e. The van der Waals surface area contributed by atoms with E-state index in [2.05, 4.69) is 10.3 Å². The number of rotatable bonds is 5. The highest BCUT2D eigenvalue weighted by molar-refractivity contribution is 7.09. The first-order valence-electron chi connectivity index (χ1n) is 5.65. The van der Waals surface area contributed by atoms with Crippen LogP contribution >= 0.6 is 11.3 Å². The van der Waals surface area contributed by atoms with Crippen LogP contribution in [0.5, 0.6) is 0 Å². The van der Waals surface area contributed by atoms with Crippen LogP contribution in [0.15, 0.2) is 23.6 Å². The van der Waals surface area contributed by atoms with Crippen molar-refractivity contribution in [2.24, 2.45) is 0 Å². The summed E-state index contributed by atoms with van der Waals surface area (Å²) in [6, 6.07) is 3.49. The quantitative estimate of drug-likeness (QED) is 0.675. The third kappa shape index (κ3) is 3.47. The van der Waals surface area contributed by atoms with Gasteiger partial charge in [0.05, 0.1) is 16.0 Å². The molecular weight excluding hydrogens is 269 g/mol. The second-order valence-electron chi connectivity index (χ2n) is 3.98. The summed E-state index contributed by atoms with van der Waals surface area (Å²) in [7, 11) is 0. The Labute approximate surface area is 113 Å². The summed E-state index contributed by atoms with van der Waals surface area (Å²) in [5, 5.41) is 16.7. The van der Waals surface area contributed by atoms with Crippen molar-refractivity contribution in [3.63, 3.8) is 0 Å². The van der Waals surface area contributed by atoms with Crippen molar-refractivity contribution in [1.29, 1.82) is 0 Å². The lowest BCUT2D eigenvalue weighted by molar-refractivity contribution is -0.384. The molecule has 0 aliphatic heterocycles. The van der Waals surface area contributed by atoms with Gasteiger partial charge in [0.25, 0.3) is 5.69 Å².